The molecule has 0 amide bonds. The number of halogens is 1. The monoisotopic (exact) mass is 322 g/mol. The Balaban J connectivity index is 2.07. The van der Waals surface area contributed by atoms with Crippen molar-refractivity contribution in [3.05, 3.63) is 46.5 Å². The Morgan fingerprint density at radius 1 is 1.32 bits per heavy atom. The van der Waals surface area contributed by atoms with E-state index in [0.29, 0.717) is 0 Å². The molecule has 0 bridgehead atoms. The van der Waals surface area contributed by atoms with E-state index in [1.54, 1.807) is 6.20 Å². The van der Waals surface area contributed by atoms with Gasteiger partial charge in [-0.1, -0.05) is 0 Å². The highest BCUT2D eigenvalue weighted by Crippen LogP contribution is 2.12. The van der Waals surface area contributed by atoms with Crippen molar-refractivity contribution in [1.82, 2.24) is 20.1 Å². The smallest absolute Gasteiger partial charge is 0.0678 e. The zero-order valence-corrected chi connectivity index (χ0v) is 13.1. The second-order valence-electron chi connectivity index (χ2n) is 5.60. The maximum Gasteiger partial charge on any atom is 0.0678 e. The van der Waals surface area contributed by atoms with Crippen molar-refractivity contribution < 1.29 is 0 Å². The Morgan fingerprint density at radius 3 is 2.79 bits per heavy atom. The first-order chi connectivity index (χ1) is 8.94. The molecule has 0 saturated carbocycles. The van der Waals surface area contributed by atoms with Crippen LogP contribution < -0.4 is 5.32 Å². The van der Waals surface area contributed by atoms with E-state index in [1.165, 1.54) is 5.69 Å². The van der Waals surface area contributed by atoms with Crippen molar-refractivity contribution in [2.75, 3.05) is 0 Å². The van der Waals surface area contributed by atoms with Crippen LogP contribution in [-0.2, 0) is 13.1 Å². The molecule has 102 valence electrons. The van der Waals surface area contributed by atoms with Gasteiger partial charge in [0.25, 0.3) is 0 Å². The van der Waals surface area contributed by atoms with Gasteiger partial charge in [-0.05, 0) is 54.4 Å². The lowest BCUT2D eigenvalue weighted by atomic mass is 10.1. The second kappa shape index (κ2) is 5.84. The summed E-state index contributed by atoms with van der Waals surface area (Å²) in [6.45, 7) is 8.02. The molecule has 0 aliphatic rings. The fourth-order valence-electron chi connectivity index (χ4n) is 1.72. The fraction of sp³-hybridized carbons (Fsp3) is 0.429. The van der Waals surface area contributed by atoms with Crippen LogP contribution in [0.4, 0.5) is 0 Å². The van der Waals surface area contributed by atoms with E-state index in [2.05, 4.69) is 58.2 Å². The van der Waals surface area contributed by atoms with E-state index in [9.17, 15) is 0 Å². The molecule has 1 N–H and O–H groups in total. The maximum absolute atomic E-state index is 4.38. The summed E-state index contributed by atoms with van der Waals surface area (Å²) in [5, 5.41) is 7.85. The van der Waals surface area contributed by atoms with Crippen molar-refractivity contribution >= 4 is 15.9 Å². The first-order valence-electron chi connectivity index (χ1n) is 6.29. The zero-order valence-electron chi connectivity index (χ0n) is 11.5. The first-order valence-corrected chi connectivity index (χ1v) is 7.08. The van der Waals surface area contributed by atoms with Crippen molar-refractivity contribution in [3.63, 3.8) is 0 Å². The molecule has 2 heterocycles. The third-order valence-corrected chi connectivity index (χ3v) is 3.13. The predicted molar refractivity (Wildman–Crippen MR) is 79.9 cm³/mol. The Hall–Kier alpha value is -1.20. The first kappa shape index (κ1) is 14.2. The normalized spacial score (nSPS) is 11.8. The van der Waals surface area contributed by atoms with Crippen LogP contribution in [0.2, 0.25) is 0 Å². The molecule has 19 heavy (non-hydrogen) atoms. The number of aromatic nitrogens is 3. The summed E-state index contributed by atoms with van der Waals surface area (Å²) in [5.41, 5.74) is 2.41. The average molecular weight is 323 g/mol. The minimum absolute atomic E-state index is 0.104. The Morgan fingerprint density at radius 2 is 2.11 bits per heavy atom. The van der Waals surface area contributed by atoms with Crippen LogP contribution in [0.3, 0.4) is 0 Å². The molecule has 0 aliphatic carbocycles. The van der Waals surface area contributed by atoms with E-state index in [-0.39, 0.29) is 5.54 Å². The number of pyridine rings is 1. The van der Waals surface area contributed by atoms with Gasteiger partial charge in [0.1, 0.15) is 0 Å². The van der Waals surface area contributed by atoms with Gasteiger partial charge in [0, 0.05) is 35.1 Å². The van der Waals surface area contributed by atoms with Crippen LogP contribution in [0.1, 0.15) is 32.0 Å². The SMILES string of the molecule is CC(C)(C)NCc1ccnn1Cc1cncc(Br)c1. The lowest BCUT2D eigenvalue weighted by Gasteiger charge is -2.20. The van der Waals surface area contributed by atoms with Crippen molar-refractivity contribution in [2.24, 2.45) is 0 Å². The van der Waals surface area contributed by atoms with Gasteiger partial charge >= 0.3 is 0 Å². The van der Waals surface area contributed by atoms with Crippen molar-refractivity contribution in [2.45, 2.75) is 39.4 Å². The molecule has 2 aromatic rings. The molecule has 0 fully saturated rings. The number of hydrogen-bond acceptors (Lipinski definition) is 3. The average Bonchev–Trinajstić information content (AvgIpc) is 2.73. The predicted octanol–water partition coefficient (Wildman–Crippen LogP) is 2.98. The highest BCUT2D eigenvalue weighted by atomic mass is 79.9. The molecular formula is C14H19BrN4. The number of nitrogens with one attached hydrogen (secondary N) is 1. The molecular weight excluding hydrogens is 304 g/mol. The summed E-state index contributed by atoms with van der Waals surface area (Å²) in [7, 11) is 0. The third-order valence-electron chi connectivity index (χ3n) is 2.70. The highest BCUT2D eigenvalue weighted by Gasteiger charge is 2.11. The molecule has 2 aromatic heterocycles. The molecule has 0 aromatic carbocycles. The lowest BCUT2D eigenvalue weighted by molar-refractivity contribution is 0.414. The number of rotatable bonds is 4. The van der Waals surface area contributed by atoms with E-state index in [4.69, 9.17) is 0 Å². The molecule has 0 saturated heterocycles. The molecule has 5 heteroatoms. The summed E-state index contributed by atoms with van der Waals surface area (Å²) < 4.78 is 2.99. The standard InChI is InChI=1S/C14H19BrN4/c1-14(2,3)17-9-13-4-5-18-19(13)10-11-6-12(15)8-16-7-11/h4-8,17H,9-10H2,1-3H3. The molecule has 0 unspecified atom stereocenters. The lowest BCUT2D eigenvalue weighted by Crippen LogP contribution is -2.35. The second-order valence-corrected chi connectivity index (χ2v) is 6.51. The summed E-state index contributed by atoms with van der Waals surface area (Å²) >= 11 is 3.44. The van der Waals surface area contributed by atoms with Gasteiger partial charge in [0.05, 0.1) is 12.2 Å². The van der Waals surface area contributed by atoms with E-state index < -0.39 is 0 Å². The summed E-state index contributed by atoms with van der Waals surface area (Å²) in [4.78, 5) is 4.18. The minimum atomic E-state index is 0.104. The van der Waals surface area contributed by atoms with Crippen molar-refractivity contribution in [1.29, 1.82) is 0 Å². The summed E-state index contributed by atoms with van der Waals surface area (Å²) in [6.07, 6.45) is 5.49. The summed E-state index contributed by atoms with van der Waals surface area (Å²) in [6, 6.07) is 4.11. The van der Waals surface area contributed by atoms with Crippen LogP contribution in [0.15, 0.2) is 35.2 Å². The van der Waals surface area contributed by atoms with Crippen LogP contribution >= 0.6 is 15.9 Å². The third kappa shape index (κ3) is 4.44. The van der Waals surface area contributed by atoms with Gasteiger partial charge in [-0.15, -0.1) is 0 Å². The molecule has 0 radical (unpaired) electrons. The van der Waals surface area contributed by atoms with E-state index in [0.717, 1.165) is 23.1 Å². The number of nitrogens with zero attached hydrogens (tertiary/aromatic N) is 3. The van der Waals surface area contributed by atoms with Gasteiger partial charge in [-0.25, -0.2) is 0 Å². The fourth-order valence-corrected chi connectivity index (χ4v) is 2.14. The molecule has 0 atom stereocenters. The quantitative estimate of drug-likeness (QED) is 0.941. The zero-order chi connectivity index (χ0) is 13.9. The highest BCUT2D eigenvalue weighted by molar-refractivity contribution is 9.10. The Bertz CT molecular complexity index is 542. The Labute approximate surface area is 122 Å². The maximum atomic E-state index is 4.38. The van der Waals surface area contributed by atoms with Crippen LogP contribution in [0, 0.1) is 0 Å². The molecule has 4 nitrogen and oxygen atoms in total. The Kier molecular flexibility index (Phi) is 4.37. The van der Waals surface area contributed by atoms with Gasteiger partial charge < -0.3 is 5.32 Å². The van der Waals surface area contributed by atoms with Crippen LogP contribution in [0.5, 0.6) is 0 Å². The summed E-state index contributed by atoms with van der Waals surface area (Å²) in [5.74, 6) is 0. The molecule has 0 spiro atoms. The van der Waals surface area contributed by atoms with Crippen LogP contribution in [0.25, 0.3) is 0 Å². The van der Waals surface area contributed by atoms with E-state index in [1.807, 2.05) is 23.1 Å². The van der Waals surface area contributed by atoms with E-state index >= 15 is 0 Å². The topological polar surface area (TPSA) is 42.7 Å². The van der Waals surface area contributed by atoms with Gasteiger partial charge in [-0.2, -0.15) is 5.10 Å². The van der Waals surface area contributed by atoms with Gasteiger partial charge in [-0.3, -0.25) is 9.67 Å². The molecule has 2 rings (SSSR count). The number of hydrogen-bond donors (Lipinski definition) is 1. The molecule has 0 aliphatic heterocycles. The van der Waals surface area contributed by atoms with Crippen LogP contribution in [-0.4, -0.2) is 20.3 Å². The largest absolute Gasteiger partial charge is 0.306 e. The van der Waals surface area contributed by atoms with Crippen molar-refractivity contribution in [3.8, 4) is 0 Å². The van der Waals surface area contributed by atoms with Gasteiger partial charge in [0.15, 0.2) is 0 Å². The minimum Gasteiger partial charge on any atom is -0.306 e. The van der Waals surface area contributed by atoms with Gasteiger partial charge in [0.2, 0.25) is 0 Å².